The average molecular weight is 246 g/mol. The Labute approximate surface area is 99.1 Å². The molecule has 0 unspecified atom stereocenters. The summed E-state index contributed by atoms with van der Waals surface area (Å²) in [5.41, 5.74) is 0.533. The van der Waals surface area contributed by atoms with Crippen LogP contribution in [0, 0.1) is 0 Å². The van der Waals surface area contributed by atoms with Crippen molar-refractivity contribution in [2.45, 2.75) is 0 Å². The normalized spacial score (nSPS) is 10.6. The lowest BCUT2D eigenvalue weighted by Gasteiger charge is -1.99. The summed E-state index contributed by atoms with van der Waals surface area (Å²) in [6, 6.07) is 3.27. The van der Waals surface area contributed by atoms with Crippen molar-refractivity contribution in [3.05, 3.63) is 36.4 Å². The van der Waals surface area contributed by atoms with Crippen LogP contribution in [0.3, 0.4) is 0 Å². The van der Waals surface area contributed by atoms with Gasteiger partial charge >= 0.3 is 0 Å². The van der Waals surface area contributed by atoms with Crippen molar-refractivity contribution < 1.29 is 4.79 Å². The van der Waals surface area contributed by atoms with Crippen LogP contribution < -0.4 is 5.32 Å². The molecule has 84 valence electrons. The van der Waals surface area contributed by atoms with Gasteiger partial charge in [-0.15, -0.1) is 15.3 Å². The minimum absolute atomic E-state index is 0.225. The largest absolute Gasteiger partial charge is 0.296 e. The molecule has 0 bridgehead atoms. The van der Waals surface area contributed by atoms with Crippen molar-refractivity contribution in [3.63, 3.8) is 0 Å². The molecule has 1 amide bonds. The smallest absolute Gasteiger partial charge is 0.257 e. The van der Waals surface area contributed by atoms with E-state index in [1.54, 1.807) is 24.5 Å². The van der Waals surface area contributed by atoms with Crippen LogP contribution in [-0.4, -0.2) is 30.7 Å². The number of rotatable bonds is 2. The highest BCUT2D eigenvalue weighted by Gasteiger charge is 2.10. The van der Waals surface area contributed by atoms with E-state index in [1.807, 2.05) is 0 Å². The molecule has 0 aliphatic rings. The number of hydrogen-bond acceptors (Lipinski definition) is 6. The number of nitrogens with one attached hydrogen (secondary N) is 1. The summed E-state index contributed by atoms with van der Waals surface area (Å²) < 4.78 is 1.51. The number of carbonyl (C=O) groups is 1. The first kappa shape index (κ1) is 9.85. The van der Waals surface area contributed by atoms with Crippen molar-refractivity contribution in [2.24, 2.45) is 0 Å². The van der Waals surface area contributed by atoms with Gasteiger partial charge in [0, 0.05) is 18.0 Å². The van der Waals surface area contributed by atoms with Gasteiger partial charge < -0.3 is 0 Å². The molecule has 0 spiro atoms. The molecule has 0 saturated carbocycles. The Morgan fingerprint density at radius 2 is 2.18 bits per heavy atom. The molecule has 8 heteroatoms. The van der Waals surface area contributed by atoms with E-state index in [1.165, 1.54) is 22.2 Å². The predicted octanol–water partition coefficient (Wildman–Crippen LogP) is 0.833. The zero-order valence-electron chi connectivity index (χ0n) is 8.44. The van der Waals surface area contributed by atoms with Gasteiger partial charge in [-0.2, -0.15) is 4.52 Å². The lowest BCUT2D eigenvalue weighted by molar-refractivity contribution is 0.102. The maximum atomic E-state index is 11.8. The predicted molar refractivity (Wildman–Crippen MR) is 60.8 cm³/mol. The first-order valence-corrected chi connectivity index (χ1v) is 5.53. The SMILES string of the molecule is O=C(Nc1nn2cnnc2s1)c1ccncc1. The Kier molecular flexibility index (Phi) is 2.26. The number of pyridine rings is 1. The van der Waals surface area contributed by atoms with E-state index in [-0.39, 0.29) is 5.91 Å². The quantitative estimate of drug-likeness (QED) is 0.724. The molecule has 7 nitrogen and oxygen atoms in total. The maximum Gasteiger partial charge on any atom is 0.257 e. The first-order valence-electron chi connectivity index (χ1n) is 4.71. The zero-order chi connectivity index (χ0) is 11.7. The molecule has 0 atom stereocenters. The van der Waals surface area contributed by atoms with Crippen LogP contribution >= 0.6 is 11.3 Å². The highest BCUT2D eigenvalue weighted by atomic mass is 32.1. The molecular weight excluding hydrogens is 240 g/mol. The van der Waals surface area contributed by atoms with Gasteiger partial charge in [0.2, 0.25) is 10.1 Å². The minimum atomic E-state index is -0.225. The standard InChI is InChI=1S/C9H6N6OS/c16-7(6-1-3-10-4-2-6)12-8-14-15-5-11-13-9(15)17-8/h1-5H,(H,12,14,16). The van der Waals surface area contributed by atoms with Gasteiger partial charge in [0.1, 0.15) is 6.33 Å². The summed E-state index contributed by atoms with van der Waals surface area (Å²) >= 11 is 1.26. The number of amides is 1. The molecule has 1 N–H and O–H groups in total. The topological polar surface area (TPSA) is 85.1 Å². The Morgan fingerprint density at radius 3 is 2.94 bits per heavy atom. The summed E-state index contributed by atoms with van der Waals surface area (Å²) in [5, 5.41) is 14.8. The molecule has 0 aliphatic carbocycles. The molecule has 0 radical (unpaired) electrons. The number of nitrogens with zero attached hydrogens (tertiary/aromatic N) is 5. The van der Waals surface area contributed by atoms with E-state index in [0.29, 0.717) is 15.7 Å². The highest BCUT2D eigenvalue weighted by molar-refractivity contribution is 7.20. The van der Waals surface area contributed by atoms with Crippen LogP contribution in [-0.2, 0) is 0 Å². The highest BCUT2D eigenvalue weighted by Crippen LogP contribution is 2.17. The molecule has 3 aromatic heterocycles. The molecule has 0 aromatic carbocycles. The van der Waals surface area contributed by atoms with Crippen molar-refractivity contribution >= 4 is 27.3 Å². The van der Waals surface area contributed by atoms with Gasteiger partial charge in [-0.1, -0.05) is 11.3 Å². The molecule has 3 rings (SSSR count). The van der Waals surface area contributed by atoms with E-state index in [2.05, 4.69) is 25.6 Å². The summed E-state index contributed by atoms with van der Waals surface area (Å²) in [7, 11) is 0. The summed E-state index contributed by atoms with van der Waals surface area (Å²) in [4.78, 5) is 16.3. The lowest BCUT2D eigenvalue weighted by Crippen LogP contribution is -2.11. The Morgan fingerprint density at radius 1 is 1.35 bits per heavy atom. The van der Waals surface area contributed by atoms with E-state index in [9.17, 15) is 4.79 Å². The fourth-order valence-corrected chi connectivity index (χ4v) is 2.00. The molecule has 17 heavy (non-hydrogen) atoms. The molecule has 0 fully saturated rings. The zero-order valence-corrected chi connectivity index (χ0v) is 9.26. The number of hydrogen-bond donors (Lipinski definition) is 1. The summed E-state index contributed by atoms with van der Waals surface area (Å²) in [5.74, 6) is -0.225. The van der Waals surface area contributed by atoms with E-state index in [4.69, 9.17) is 0 Å². The first-order chi connectivity index (χ1) is 8.33. The van der Waals surface area contributed by atoms with Gasteiger partial charge in [0.05, 0.1) is 0 Å². The minimum Gasteiger partial charge on any atom is -0.296 e. The van der Waals surface area contributed by atoms with Gasteiger partial charge in [0.15, 0.2) is 0 Å². The number of aromatic nitrogens is 5. The molecule has 0 saturated heterocycles. The van der Waals surface area contributed by atoms with Crippen LogP contribution in [0.15, 0.2) is 30.9 Å². The Balaban J connectivity index is 1.84. The van der Waals surface area contributed by atoms with Crippen LogP contribution in [0.5, 0.6) is 0 Å². The van der Waals surface area contributed by atoms with Crippen LogP contribution in [0.2, 0.25) is 0 Å². The number of carbonyl (C=O) groups excluding carboxylic acids is 1. The second-order valence-corrected chi connectivity index (χ2v) is 4.11. The van der Waals surface area contributed by atoms with Crippen LogP contribution in [0.25, 0.3) is 4.96 Å². The van der Waals surface area contributed by atoms with E-state index < -0.39 is 0 Å². The number of fused-ring (bicyclic) bond motifs is 1. The van der Waals surface area contributed by atoms with Crippen molar-refractivity contribution in [1.82, 2.24) is 24.8 Å². The van der Waals surface area contributed by atoms with Gasteiger partial charge in [-0.05, 0) is 12.1 Å². The van der Waals surface area contributed by atoms with Crippen molar-refractivity contribution in [1.29, 1.82) is 0 Å². The summed E-state index contributed by atoms with van der Waals surface area (Å²) in [6.07, 6.45) is 4.61. The van der Waals surface area contributed by atoms with E-state index in [0.717, 1.165) is 0 Å². The van der Waals surface area contributed by atoms with Crippen molar-refractivity contribution in [2.75, 3.05) is 5.32 Å². The number of anilines is 1. The van der Waals surface area contributed by atoms with Crippen molar-refractivity contribution in [3.8, 4) is 0 Å². The third kappa shape index (κ3) is 1.85. The maximum absolute atomic E-state index is 11.8. The third-order valence-electron chi connectivity index (χ3n) is 2.05. The van der Waals surface area contributed by atoms with Gasteiger partial charge in [-0.3, -0.25) is 15.1 Å². The fourth-order valence-electron chi connectivity index (χ4n) is 1.28. The fraction of sp³-hybridized carbons (Fsp3) is 0. The molecule has 3 heterocycles. The van der Waals surface area contributed by atoms with Crippen LogP contribution in [0.1, 0.15) is 10.4 Å². The molecule has 0 aliphatic heterocycles. The van der Waals surface area contributed by atoms with Gasteiger partial charge in [-0.25, -0.2) is 0 Å². The average Bonchev–Trinajstić information content (AvgIpc) is 2.90. The summed E-state index contributed by atoms with van der Waals surface area (Å²) in [6.45, 7) is 0. The van der Waals surface area contributed by atoms with E-state index >= 15 is 0 Å². The Hall–Kier alpha value is -2.35. The van der Waals surface area contributed by atoms with Crippen LogP contribution in [0.4, 0.5) is 5.13 Å². The van der Waals surface area contributed by atoms with Gasteiger partial charge in [0.25, 0.3) is 5.91 Å². The third-order valence-corrected chi connectivity index (χ3v) is 2.88. The monoisotopic (exact) mass is 246 g/mol. The second-order valence-electron chi connectivity index (χ2n) is 3.16. The Bertz CT molecular complexity index is 632. The molecular formula is C9H6N6OS. The second kappa shape index (κ2) is 3.91. The lowest BCUT2D eigenvalue weighted by atomic mass is 10.2. The molecule has 3 aromatic rings.